The van der Waals surface area contributed by atoms with Crippen molar-refractivity contribution in [2.45, 2.75) is 4.90 Å². The minimum atomic E-state index is -3.99. The van der Waals surface area contributed by atoms with Crippen molar-refractivity contribution < 1.29 is 12.6 Å². The molecule has 1 heterocycles. The van der Waals surface area contributed by atoms with Crippen LogP contribution in [0.3, 0.4) is 0 Å². The van der Waals surface area contributed by atoms with Crippen LogP contribution < -0.4 is 4.18 Å². The highest BCUT2D eigenvalue weighted by Crippen LogP contribution is 2.28. The van der Waals surface area contributed by atoms with Crippen molar-refractivity contribution in [2.24, 2.45) is 0 Å². The summed E-state index contributed by atoms with van der Waals surface area (Å²) in [5, 5.41) is 8.74. The summed E-state index contributed by atoms with van der Waals surface area (Å²) in [4.78, 5) is 3.63. The van der Waals surface area contributed by atoms with Crippen LogP contribution in [0.15, 0.2) is 47.6 Å². The van der Waals surface area contributed by atoms with Gasteiger partial charge in [0.25, 0.3) is 0 Å². The van der Waals surface area contributed by atoms with E-state index in [1.54, 1.807) is 0 Å². The van der Waals surface area contributed by atoms with Crippen LogP contribution in [0.2, 0.25) is 5.02 Å². The van der Waals surface area contributed by atoms with Crippen molar-refractivity contribution in [3.8, 4) is 11.8 Å². The zero-order valence-corrected chi connectivity index (χ0v) is 11.0. The van der Waals surface area contributed by atoms with Crippen LogP contribution in [-0.2, 0) is 10.1 Å². The Hall–Kier alpha value is -2.10. The van der Waals surface area contributed by atoms with E-state index in [4.69, 9.17) is 21.0 Å². The Morgan fingerprint density at radius 1 is 1.32 bits per heavy atom. The van der Waals surface area contributed by atoms with Crippen molar-refractivity contribution in [1.29, 1.82) is 5.26 Å². The van der Waals surface area contributed by atoms with E-state index in [9.17, 15) is 8.42 Å². The van der Waals surface area contributed by atoms with E-state index in [0.29, 0.717) is 5.56 Å². The normalized spacial score (nSPS) is 10.7. The standard InChI is InChI=1S/C12H7ClN2O3S/c13-11-6-9(7-14)3-4-12(11)18-19(16,17)10-2-1-5-15-8-10/h1-6,8H. The topological polar surface area (TPSA) is 80.0 Å². The van der Waals surface area contributed by atoms with E-state index in [2.05, 4.69) is 4.98 Å². The van der Waals surface area contributed by atoms with Gasteiger partial charge in [-0.25, -0.2) is 0 Å². The molecular formula is C12H7ClN2O3S. The van der Waals surface area contributed by atoms with Gasteiger partial charge in [-0.05, 0) is 30.3 Å². The maximum Gasteiger partial charge on any atom is 0.340 e. The molecule has 0 radical (unpaired) electrons. The molecule has 0 atom stereocenters. The lowest BCUT2D eigenvalue weighted by atomic mass is 10.2. The van der Waals surface area contributed by atoms with Gasteiger partial charge in [-0.3, -0.25) is 4.98 Å². The molecule has 0 fully saturated rings. The van der Waals surface area contributed by atoms with Gasteiger partial charge in [-0.2, -0.15) is 13.7 Å². The van der Waals surface area contributed by atoms with Gasteiger partial charge >= 0.3 is 10.1 Å². The molecule has 0 saturated heterocycles. The van der Waals surface area contributed by atoms with Gasteiger partial charge in [0.05, 0.1) is 16.7 Å². The number of pyridine rings is 1. The Balaban J connectivity index is 2.34. The smallest absolute Gasteiger partial charge is 0.340 e. The Morgan fingerprint density at radius 3 is 2.68 bits per heavy atom. The number of nitrogens with zero attached hydrogens (tertiary/aromatic N) is 2. The molecule has 7 heteroatoms. The molecule has 19 heavy (non-hydrogen) atoms. The van der Waals surface area contributed by atoms with Gasteiger partial charge in [0.2, 0.25) is 0 Å². The van der Waals surface area contributed by atoms with Crippen molar-refractivity contribution in [3.63, 3.8) is 0 Å². The molecule has 2 rings (SSSR count). The van der Waals surface area contributed by atoms with E-state index < -0.39 is 10.1 Å². The highest BCUT2D eigenvalue weighted by Gasteiger charge is 2.18. The highest BCUT2D eigenvalue weighted by atomic mass is 35.5. The summed E-state index contributed by atoms with van der Waals surface area (Å²) in [5.41, 5.74) is 0.316. The van der Waals surface area contributed by atoms with Gasteiger partial charge in [-0.1, -0.05) is 11.6 Å². The quantitative estimate of drug-likeness (QED) is 0.812. The zero-order valence-electron chi connectivity index (χ0n) is 9.45. The summed E-state index contributed by atoms with van der Waals surface area (Å²) in [5.74, 6) is -0.0375. The van der Waals surface area contributed by atoms with Crippen LogP contribution in [0.4, 0.5) is 0 Å². The summed E-state index contributed by atoms with van der Waals surface area (Å²) in [6.45, 7) is 0. The predicted octanol–water partition coefficient (Wildman–Crippen LogP) is 2.37. The Kier molecular flexibility index (Phi) is 3.69. The highest BCUT2D eigenvalue weighted by molar-refractivity contribution is 7.87. The summed E-state index contributed by atoms with van der Waals surface area (Å²) >= 11 is 5.85. The SMILES string of the molecule is N#Cc1ccc(OS(=O)(=O)c2cccnc2)c(Cl)c1. The predicted molar refractivity (Wildman–Crippen MR) is 68.2 cm³/mol. The van der Waals surface area contributed by atoms with Crippen LogP contribution in [0.25, 0.3) is 0 Å². The molecule has 0 spiro atoms. The first-order valence-corrected chi connectivity index (χ1v) is 6.86. The van der Waals surface area contributed by atoms with E-state index in [-0.39, 0.29) is 15.7 Å². The molecule has 0 bridgehead atoms. The number of aromatic nitrogens is 1. The lowest BCUT2D eigenvalue weighted by Crippen LogP contribution is -2.10. The molecule has 0 saturated carbocycles. The third kappa shape index (κ3) is 3.02. The molecule has 2 aromatic rings. The Labute approximate surface area is 115 Å². The number of hydrogen-bond acceptors (Lipinski definition) is 5. The minimum absolute atomic E-state index is 0.0375. The summed E-state index contributed by atoms with van der Waals surface area (Å²) in [7, 11) is -3.99. The average Bonchev–Trinajstić information content (AvgIpc) is 2.42. The van der Waals surface area contributed by atoms with Crippen LogP contribution >= 0.6 is 11.6 Å². The first kappa shape index (κ1) is 13.3. The Bertz CT molecular complexity index is 739. The van der Waals surface area contributed by atoms with E-state index in [0.717, 1.165) is 0 Å². The summed E-state index contributed by atoms with van der Waals surface area (Å²) in [6, 6.07) is 8.81. The number of benzene rings is 1. The average molecular weight is 295 g/mol. The monoisotopic (exact) mass is 294 g/mol. The maximum absolute atomic E-state index is 11.9. The third-order valence-electron chi connectivity index (χ3n) is 2.18. The second kappa shape index (κ2) is 5.26. The third-order valence-corrected chi connectivity index (χ3v) is 3.70. The second-order valence-electron chi connectivity index (χ2n) is 3.48. The largest absolute Gasteiger partial charge is 0.377 e. The van der Waals surface area contributed by atoms with Gasteiger partial charge in [0.1, 0.15) is 4.90 Å². The van der Waals surface area contributed by atoms with Crippen molar-refractivity contribution in [2.75, 3.05) is 0 Å². The molecule has 96 valence electrons. The fourth-order valence-corrected chi connectivity index (χ4v) is 2.48. The van der Waals surface area contributed by atoms with Crippen molar-refractivity contribution in [3.05, 3.63) is 53.3 Å². The number of rotatable bonds is 3. The summed E-state index contributed by atoms with van der Waals surface area (Å²) in [6.07, 6.45) is 2.63. The molecule has 0 unspecified atom stereocenters. The maximum atomic E-state index is 11.9. The summed E-state index contributed by atoms with van der Waals surface area (Å²) < 4.78 is 28.8. The van der Waals surface area contributed by atoms with Gasteiger partial charge < -0.3 is 4.18 Å². The van der Waals surface area contributed by atoms with Crippen LogP contribution in [0.5, 0.6) is 5.75 Å². The molecule has 0 aliphatic heterocycles. The van der Waals surface area contributed by atoms with Crippen LogP contribution in [0, 0.1) is 11.3 Å². The fraction of sp³-hybridized carbons (Fsp3) is 0. The van der Waals surface area contributed by atoms with Crippen molar-refractivity contribution >= 4 is 21.7 Å². The Morgan fingerprint density at radius 2 is 2.11 bits per heavy atom. The molecule has 0 amide bonds. The number of halogens is 1. The van der Waals surface area contributed by atoms with Crippen LogP contribution in [0.1, 0.15) is 5.56 Å². The zero-order chi connectivity index (χ0) is 13.9. The van der Waals surface area contributed by atoms with Gasteiger partial charge in [-0.15, -0.1) is 0 Å². The molecule has 0 aliphatic carbocycles. The molecular weight excluding hydrogens is 288 g/mol. The lowest BCUT2D eigenvalue weighted by molar-refractivity contribution is 0.486. The molecule has 0 N–H and O–H groups in total. The number of hydrogen-bond donors (Lipinski definition) is 0. The molecule has 5 nitrogen and oxygen atoms in total. The molecule has 1 aromatic carbocycles. The minimum Gasteiger partial charge on any atom is -0.377 e. The fourth-order valence-electron chi connectivity index (χ4n) is 1.30. The van der Waals surface area contributed by atoms with E-state index >= 15 is 0 Å². The first-order valence-electron chi connectivity index (χ1n) is 5.07. The number of nitriles is 1. The first-order chi connectivity index (χ1) is 9.03. The second-order valence-corrected chi connectivity index (χ2v) is 5.44. The van der Waals surface area contributed by atoms with Crippen molar-refractivity contribution in [1.82, 2.24) is 4.98 Å². The van der Waals surface area contributed by atoms with Gasteiger partial charge in [0.15, 0.2) is 5.75 Å². The van der Waals surface area contributed by atoms with Crippen LogP contribution in [-0.4, -0.2) is 13.4 Å². The van der Waals surface area contributed by atoms with E-state index in [1.807, 2.05) is 6.07 Å². The molecule has 0 aliphatic rings. The van der Waals surface area contributed by atoms with E-state index in [1.165, 1.54) is 42.7 Å². The molecule has 1 aromatic heterocycles. The van der Waals surface area contributed by atoms with Gasteiger partial charge in [0, 0.05) is 12.4 Å². The lowest BCUT2D eigenvalue weighted by Gasteiger charge is -2.08.